The van der Waals surface area contributed by atoms with E-state index in [-0.39, 0.29) is 5.91 Å². The number of carbonyl (C=O) groups is 1. The predicted octanol–water partition coefficient (Wildman–Crippen LogP) is 3.42. The van der Waals surface area contributed by atoms with Crippen molar-refractivity contribution in [3.63, 3.8) is 0 Å². The molecule has 0 N–H and O–H groups in total. The molecular weight excluding hydrogens is 280 g/mol. The first-order valence-corrected chi connectivity index (χ1v) is 7.01. The molecule has 3 rings (SSSR count). The van der Waals surface area contributed by atoms with Gasteiger partial charge in [-0.2, -0.15) is 0 Å². The molecule has 0 aliphatic rings. The van der Waals surface area contributed by atoms with Crippen molar-refractivity contribution in [1.29, 1.82) is 0 Å². The standard InChI is InChI=1S/C17H16N2O3/c1-13-10-16(18-22-13)17(20)19(12-15-8-5-9-21-15)11-14-6-3-2-4-7-14/h2-10H,11-12H2,1H3. The van der Waals surface area contributed by atoms with Crippen LogP contribution in [-0.2, 0) is 13.1 Å². The van der Waals surface area contributed by atoms with Gasteiger partial charge < -0.3 is 13.8 Å². The third-order valence-electron chi connectivity index (χ3n) is 3.28. The second-order valence-electron chi connectivity index (χ2n) is 5.05. The zero-order chi connectivity index (χ0) is 15.4. The fourth-order valence-electron chi connectivity index (χ4n) is 2.22. The minimum Gasteiger partial charge on any atom is -0.467 e. The second kappa shape index (κ2) is 6.30. The molecule has 0 aliphatic heterocycles. The van der Waals surface area contributed by atoms with Gasteiger partial charge in [0.2, 0.25) is 0 Å². The summed E-state index contributed by atoms with van der Waals surface area (Å²) in [5, 5.41) is 3.81. The average molecular weight is 296 g/mol. The van der Waals surface area contributed by atoms with Gasteiger partial charge >= 0.3 is 0 Å². The number of amides is 1. The largest absolute Gasteiger partial charge is 0.467 e. The molecule has 0 saturated heterocycles. The predicted molar refractivity (Wildman–Crippen MR) is 80.0 cm³/mol. The van der Waals surface area contributed by atoms with Gasteiger partial charge in [0.1, 0.15) is 11.5 Å². The van der Waals surface area contributed by atoms with E-state index in [4.69, 9.17) is 8.94 Å². The maximum Gasteiger partial charge on any atom is 0.276 e. The van der Waals surface area contributed by atoms with E-state index in [1.165, 1.54) is 0 Å². The zero-order valence-electron chi connectivity index (χ0n) is 12.2. The molecule has 0 unspecified atom stereocenters. The Balaban J connectivity index is 1.83. The van der Waals surface area contributed by atoms with E-state index >= 15 is 0 Å². The lowest BCUT2D eigenvalue weighted by atomic mass is 10.2. The molecule has 0 bridgehead atoms. The van der Waals surface area contributed by atoms with E-state index in [1.807, 2.05) is 36.4 Å². The number of hydrogen-bond acceptors (Lipinski definition) is 4. The van der Waals surface area contributed by atoms with Gasteiger partial charge in [-0.1, -0.05) is 35.5 Å². The van der Waals surface area contributed by atoms with Crippen LogP contribution in [0, 0.1) is 6.92 Å². The Hall–Kier alpha value is -2.82. The highest BCUT2D eigenvalue weighted by Crippen LogP contribution is 2.14. The monoisotopic (exact) mass is 296 g/mol. The molecule has 2 heterocycles. The van der Waals surface area contributed by atoms with Gasteiger partial charge in [0.15, 0.2) is 5.69 Å². The number of hydrogen-bond donors (Lipinski definition) is 0. The van der Waals surface area contributed by atoms with Crippen molar-refractivity contribution in [2.24, 2.45) is 0 Å². The van der Waals surface area contributed by atoms with Crippen molar-refractivity contribution in [2.75, 3.05) is 0 Å². The Labute approximate surface area is 128 Å². The lowest BCUT2D eigenvalue weighted by Crippen LogP contribution is -2.30. The number of aryl methyl sites for hydroxylation is 1. The van der Waals surface area contributed by atoms with Crippen LogP contribution >= 0.6 is 0 Å². The molecule has 0 spiro atoms. The number of furan rings is 1. The molecule has 5 heteroatoms. The summed E-state index contributed by atoms with van der Waals surface area (Å²) >= 11 is 0. The number of benzene rings is 1. The fraction of sp³-hybridized carbons (Fsp3) is 0.176. The van der Waals surface area contributed by atoms with Crippen LogP contribution in [0.25, 0.3) is 0 Å². The van der Waals surface area contributed by atoms with Gasteiger partial charge in [-0.3, -0.25) is 4.79 Å². The molecule has 112 valence electrons. The summed E-state index contributed by atoms with van der Waals surface area (Å²) in [6.45, 7) is 2.62. The average Bonchev–Trinajstić information content (AvgIpc) is 3.18. The Morgan fingerprint density at radius 1 is 1.14 bits per heavy atom. The van der Waals surface area contributed by atoms with Crippen molar-refractivity contribution >= 4 is 5.91 Å². The molecular formula is C17H16N2O3. The van der Waals surface area contributed by atoms with Crippen LogP contribution in [0.15, 0.2) is 63.7 Å². The topological polar surface area (TPSA) is 59.5 Å². The number of nitrogens with zero attached hydrogens (tertiary/aromatic N) is 2. The molecule has 0 radical (unpaired) electrons. The van der Waals surface area contributed by atoms with E-state index in [2.05, 4.69) is 5.16 Å². The van der Waals surface area contributed by atoms with E-state index in [0.29, 0.717) is 24.5 Å². The highest BCUT2D eigenvalue weighted by molar-refractivity contribution is 5.92. The molecule has 1 amide bonds. The quantitative estimate of drug-likeness (QED) is 0.724. The van der Waals surface area contributed by atoms with Crippen molar-refractivity contribution in [1.82, 2.24) is 10.1 Å². The molecule has 22 heavy (non-hydrogen) atoms. The fourth-order valence-corrected chi connectivity index (χ4v) is 2.22. The summed E-state index contributed by atoms with van der Waals surface area (Å²) in [4.78, 5) is 14.3. The Kier molecular flexibility index (Phi) is 4.05. The van der Waals surface area contributed by atoms with Crippen LogP contribution in [0.4, 0.5) is 0 Å². The maximum atomic E-state index is 12.7. The number of aromatic nitrogens is 1. The summed E-state index contributed by atoms with van der Waals surface area (Å²) in [6.07, 6.45) is 1.60. The van der Waals surface area contributed by atoms with E-state index in [0.717, 1.165) is 11.3 Å². The van der Waals surface area contributed by atoms with Gasteiger partial charge in [0, 0.05) is 12.6 Å². The van der Waals surface area contributed by atoms with Crippen molar-refractivity contribution in [3.05, 3.63) is 77.6 Å². The van der Waals surface area contributed by atoms with Gasteiger partial charge in [-0.05, 0) is 24.6 Å². The maximum absolute atomic E-state index is 12.7. The summed E-state index contributed by atoms with van der Waals surface area (Å²) in [5.41, 5.74) is 1.35. The minimum atomic E-state index is -0.183. The van der Waals surface area contributed by atoms with Crippen LogP contribution in [0.5, 0.6) is 0 Å². The van der Waals surface area contributed by atoms with Gasteiger partial charge in [-0.15, -0.1) is 0 Å². The van der Waals surface area contributed by atoms with Gasteiger partial charge in [0.25, 0.3) is 5.91 Å². The molecule has 0 saturated carbocycles. The smallest absolute Gasteiger partial charge is 0.276 e. The normalized spacial score (nSPS) is 10.6. The molecule has 0 aliphatic carbocycles. The van der Waals surface area contributed by atoms with Gasteiger partial charge in [-0.25, -0.2) is 0 Å². The molecule has 5 nitrogen and oxygen atoms in total. The molecule has 0 fully saturated rings. The third kappa shape index (κ3) is 3.25. The lowest BCUT2D eigenvalue weighted by molar-refractivity contribution is 0.0707. The Morgan fingerprint density at radius 2 is 1.95 bits per heavy atom. The van der Waals surface area contributed by atoms with Crippen LogP contribution in [-0.4, -0.2) is 16.0 Å². The highest BCUT2D eigenvalue weighted by Gasteiger charge is 2.20. The van der Waals surface area contributed by atoms with Crippen LogP contribution < -0.4 is 0 Å². The Morgan fingerprint density at radius 3 is 2.59 bits per heavy atom. The van der Waals surface area contributed by atoms with Crippen molar-refractivity contribution in [3.8, 4) is 0 Å². The van der Waals surface area contributed by atoms with Crippen LogP contribution in [0.3, 0.4) is 0 Å². The number of rotatable bonds is 5. The zero-order valence-corrected chi connectivity index (χ0v) is 12.2. The molecule has 3 aromatic rings. The summed E-state index contributed by atoms with van der Waals surface area (Å²) in [7, 11) is 0. The SMILES string of the molecule is Cc1cc(C(=O)N(Cc2ccccc2)Cc2ccco2)no1. The Bertz CT molecular complexity index is 732. The molecule has 0 atom stereocenters. The van der Waals surface area contributed by atoms with E-state index in [9.17, 15) is 4.79 Å². The number of carbonyl (C=O) groups excluding carboxylic acids is 1. The van der Waals surface area contributed by atoms with Gasteiger partial charge in [0.05, 0.1) is 12.8 Å². The van der Waals surface area contributed by atoms with Crippen molar-refractivity contribution in [2.45, 2.75) is 20.0 Å². The first-order valence-electron chi connectivity index (χ1n) is 7.01. The summed E-state index contributed by atoms with van der Waals surface area (Å²) < 4.78 is 10.4. The van der Waals surface area contributed by atoms with E-state index in [1.54, 1.807) is 30.2 Å². The first kappa shape index (κ1) is 14.1. The van der Waals surface area contributed by atoms with Crippen LogP contribution in [0.2, 0.25) is 0 Å². The highest BCUT2D eigenvalue weighted by atomic mass is 16.5. The van der Waals surface area contributed by atoms with Crippen molar-refractivity contribution < 1.29 is 13.7 Å². The second-order valence-corrected chi connectivity index (χ2v) is 5.05. The summed E-state index contributed by atoms with van der Waals surface area (Å²) in [5.74, 6) is 1.16. The van der Waals surface area contributed by atoms with Crippen LogP contribution in [0.1, 0.15) is 27.6 Å². The molecule has 1 aromatic carbocycles. The lowest BCUT2D eigenvalue weighted by Gasteiger charge is -2.20. The first-order chi connectivity index (χ1) is 10.7. The third-order valence-corrected chi connectivity index (χ3v) is 3.28. The van der Waals surface area contributed by atoms with E-state index < -0.39 is 0 Å². The minimum absolute atomic E-state index is 0.183. The molecule has 2 aromatic heterocycles. The summed E-state index contributed by atoms with van der Waals surface area (Å²) in [6, 6.07) is 15.1.